The van der Waals surface area contributed by atoms with Crippen LogP contribution in [0.5, 0.6) is 0 Å². The van der Waals surface area contributed by atoms with Crippen LogP contribution >= 0.6 is 0 Å². The number of esters is 3. The molecular formula is C30H66O7. The number of ether oxygens (including phenoxy) is 3. The van der Waals surface area contributed by atoms with Crippen LogP contribution in [0.15, 0.2) is 24.3 Å². The van der Waals surface area contributed by atoms with Crippen molar-refractivity contribution in [3.05, 3.63) is 24.3 Å². The molecule has 0 heterocycles. The van der Waals surface area contributed by atoms with Gasteiger partial charge in [0.25, 0.3) is 0 Å². The average molecular weight is 539 g/mol. The highest BCUT2D eigenvalue weighted by molar-refractivity contribution is 5.87. The number of carbonyl (C=O) groups is 3. The third-order valence-electron chi connectivity index (χ3n) is 3.33. The van der Waals surface area contributed by atoms with Crippen molar-refractivity contribution in [2.24, 2.45) is 5.41 Å². The average Bonchev–Trinajstić information content (AvgIpc) is 2.51. The summed E-state index contributed by atoms with van der Waals surface area (Å²) in [5.74, 6) is -0.766. The van der Waals surface area contributed by atoms with Crippen LogP contribution in [-0.4, -0.2) is 40.2 Å². The van der Waals surface area contributed by atoms with E-state index in [2.05, 4.69) is 13.2 Å². The lowest BCUT2D eigenvalue weighted by molar-refractivity contribution is -0.165. The molecule has 0 rings (SSSR count). The van der Waals surface area contributed by atoms with Crippen molar-refractivity contribution in [3.8, 4) is 0 Å². The maximum absolute atomic E-state index is 11.5. The van der Waals surface area contributed by atoms with Crippen molar-refractivity contribution in [2.45, 2.75) is 150 Å². The summed E-state index contributed by atoms with van der Waals surface area (Å²) < 4.78 is 15.2. The minimum Gasteiger partial charge on any atom is -0.460 e. The SMILES string of the molecule is C.C.C.C.C=C(C)C(=O)OC(C)(C)C.C=C(C)C(=O)OC(C)(C)C.CCC(C)(C)C(=O)OC(C)(C)C.O. The van der Waals surface area contributed by atoms with Gasteiger partial charge in [-0.15, -0.1) is 0 Å². The molecule has 0 amide bonds. The fourth-order valence-corrected chi connectivity index (χ4v) is 1.29. The number of rotatable bonds is 4. The molecule has 0 aromatic heterocycles. The molecule has 0 saturated heterocycles. The summed E-state index contributed by atoms with van der Waals surface area (Å²) in [6.07, 6.45) is 0.807. The molecule has 37 heavy (non-hydrogen) atoms. The van der Waals surface area contributed by atoms with E-state index in [1.54, 1.807) is 13.8 Å². The second-order valence-electron chi connectivity index (χ2n) is 11.3. The summed E-state index contributed by atoms with van der Waals surface area (Å²) in [5.41, 5.74) is -0.659. The standard InChI is InChI=1S/C10H20O2.2C8H14O2.4CH4.H2O/c1-7-10(5,6)8(11)12-9(2,3)4;2*1-6(2)7(9)10-8(3,4)5;;;;;/h7H2,1-6H3;2*1H2,2-5H3;4*1H4;1H2. The van der Waals surface area contributed by atoms with Crippen LogP contribution < -0.4 is 0 Å². The molecule has 0 aliphatic rings. The van der Waals surface area contributed by atoms with Crippen molar-refractivity contribution in [3.63, 3.8) is 0 Å². The van der Waals surface area contributed by atoms with Gasteiger partial charge in [0.05, 0.1) is 5.41 Å². The molecule has 0 aliphatic heterocycles. The maximum Gasteiger partial charge on any atom is 0.333 e. The van der Waals surface area contributed by atoms with E-state index >= 15 is 0 Å². The van der Waals surface area contributed by atoms with Crippen molar-refractivity contribution in [1.29, 1.82) is 0 Å². The lowest BCUT2D eigenvalue weighted by atomic mass is 9.90. The highest BCUT2D eigenvalue weighted by atomic mass is 16.6. The predicted octanol–water partition coefficient (Wildman–Crippen LogP) is 8.29. The van der Waals surface area contributed by atoms with Crippen molar-refractivity contribution < 1.29 is 34.1 Å². The number of carbonyl (C=O) groups excluding carboxylic acids is 3. The van der Waals surface area contributed by atoms with Crippen LogP contribution in [0, 0.1) is 5.41 Å². The summed E-state index contributed by atoms with van der Waals surface area (Å²) in [5, 5.41) is 0. The molecule has 7 heteroatoms. The van der Waals surface area contributed by atoms with E-state index in [1.807, 2.05) is 83.1 Å². The Morgan fingerprint density at radius 3 is 0.892 bits per heavy atom. The molecule has 0 aromatic rings. The van der Waals surface area contributed by atoms with E-state index in [0.717, 1.165) is 6.42 Å². The molecule has 0 aromatic carbocycles. The third-order valence-corrected chi connectivity index (χ3v) is 3.33. The molecule has 2 N–H and O–H groups in total. The van der Waals surface area contributed by atoms with Crippen LogP contribution in [0.25, 0.3) is 0 Å². The summed E-state index contributed by atoms with van der Waals surface area (Å²) in [4.78, 5) is 33.2. The van der Waals surface area contributed by atoms with Crippen LogP contribution in [0.3, 0.4) is 0 Å². The minimum absolute atomic E-state index is 0. The van der Waals surface area contributed by atoms with Gasteiger partial charge in [-0.05, 0) is 96.4 Å². The van der Waals surface area contributed by atoms with Gasteiger partial charge < -0.3 is 19.7 Å². The van der Waals surface area contributed by atoms with Gasteiger partial charge in [-0.1, -0.05) is 49.8 Å². The molecule has 228 valence electrons. The Morgan fingerprint density at radius 2 is 0.784 bits per heavy atom. The summed E-state index contributed by atoms with van der Waals surface area (Å²) in [7, 11) is 0. The topological polar surface area (TPSA) is 110 Å². The van der Waals surface area contributed by atoms with Crippen LogP contribution in [-0.2, 0) is 28.6 Å². The maximum atomic E-state index is 11.5. The Balaban J connectivity index is -0.0000000535. The van der Waals surface area contributed by atoms with E-state index in [1.165, 1.54) is 0 Å². The van der Waals surface area contributed by atoms with E-state index in [4.69, 9.17) is 14.2 Å². The van der Waals surface area contributed by atoms with Gasteiger partial charge in [-0.3, -0.25) is 4.79 Å². The van der Waals surface area contributed by atoms with E-state index in [0.29, 0.717) is 11.1 Å². The molecule has 7 nitrogen and oxygen atoms in total. The largest absolute Gasteiger partial charge is 0.460 e. The zero-order valence-electron chi connectivity index (χ0n) is 23.6. The Labute approximate surface area is 231 Å². The monoisotopic (exact) mass is 538 g/mol. The van der Waals surface area contributed by atoms with E-state index in [-0.39, 0.29) is 64.1 Å². The van der Waals surface area contributed by atoms with E-state index in [9.17, 15) is 14.4 Å². The van der Waals surface area contributed by atoms with Crippen molar-refractivity contribution in [2.75, 3.05) is 0 Å². The Bertz CT molecular complexity index is 615. The minimum atomic E-state index is -0.407. The van der Waals surface area contributed by atoms with Gasteiger partial charge in [0.15, 0.2) is 0 Å². The molecule has 0 unspecified atom stereocenters. The first-order valence-corrected chi connectivity index (χ1v) is 10.9. The first-order valence-electron chi connectivity index (χ1n) is 10.9. The molecule has 0 radical (unpaired) electrons. The van der Waals surface area contributed by atoms with Gasteiger partial charge in [0, 0.05) is 11.1 Å². The Kier molecular flexibility index (Phi) is 32.8. The smallest absolute Gasteiger partial charge is 0.333 e. The lowest BCUT2D eigenvalue weighted by Crippen LogP contribution is -2.33. The van der Waals surface area contributed by atoms with Gasteiger partial charge in [0.2, 0.25) is 0 Å². The summed E-state index contributed by atoms with van der Waals surface area (Å²) in [6, 6.07) is 0. The van der Waals surface area contributed by atoms with Crippen LogP contribution in [0.1, 0.15) is 133 Å². The molecular weight excluding hydrogens is 472 g/mol. The molecule has 0 bridgehead atoms. The second-order valence-corrected chi connectivity index (χ2v) is 11.3. The molecule has 0 spiro atoms. The molecule has 0 atom stereocenters. The highest BCUT2D eigenvalue weighted by Crippen LogP contribution is 2.24. The van der Waals surface area contributed by atoms with Crippen LogP contribution in [0.2, 0.25) is 0 Å². The van der Waals surface area contributed by atoms with Gasteiger partial charge in [-0.2, -0.15) is 0 Å². The lowest BCUT2D eigenvalue weighted by Gasteiger charge is -2.27. The van der Waals surface area contributed by atoms with Gasteiger partial charge in [0.1, 0.15) is 16.8 Å². The number of hydrogen-bond donors (Lipinski definition) is 0. The Morgan fingerprint density at radius 1 is 0.568 bits per heavy atom. The van der Waals surface area contributed by atoms with Crippen molar-refractivity contribution in [1.82, 2.24) is 0 Å². The molecule has 0 saturated carbocycles. The van der Waals surface area contributed by atoms with Gasteiger partial charge >= 0.3 is 17.9 Å². The fourth-order valence-electron chi connectivity index (χ4n) is 1.29. The Hall–Kier alpha value is -2.15. The van der Waals surface area contributed by atoms with Crippen molar-refractivity contribution >= 4 is 17.9 Å². The fraction of sp³-hybridized carbons (Fsp3) is 0.767. The number of hydrogen-bond acceptors (Lipinski definition) is 6. The molecule has 0 fully saturated rings. The predicted molar refractivity (Wildman–Crippen MR) is 162 cm³/mol. The molecule has 0 aliphatic carbocycles. The normalized spacial score (nSPS) is 10.0. The third kappa shape index (κ3) is 38.5. The summed E-state index contributed by atoms with van der Waals surface area (Å²) >= 11 is 0. The van der Waals surface area contributed by atoms with Gasteiger partial charge in [-0.25, -0.2) is 9.59 Å². The first kappa shape index (κ1) is 55.4. The zero-order valence-corrected chi connectivity index (χ0v) is 23.6. The highest BCUT2D eigenvalue weighted by Gasteiger charge is 2.30. The first-order chi connectivity index (χ1) is 13.8. The zero-order chi connectivity index (χ0) is 26.7. The van der Waals surface area contributed by atoms with E-state index < -0.39 is 11.2 Å². The second kappa shape index (κ2) is 21.9. The van der Waals surface area contributed by atoms with Crippen LogP contribution in [0.4, 0.5) is 0 Å². The quantitative estimate of drug-likeness (QED) is 0.202. The summed E-state index contributed by atoms with van der Waals surface area (Å²) in [6.45, 7) is 32.6.